The van der Waals surface area contributed by atoms with Crippen LogP contribution < -0.4 is 5.32 Å². The molecular weight excluding hydrogens is 370 g/mol. The van der Waals surface area contributed by atoms with E-state index >= 15 is 0 Å². The van der Waals surface area contributed by atoms with E-state index in [4.69, 9.17) is 11.6 Å². The van der Waals surface area contributed by atoms with Crippen LogP contribution in [0.5, 0.6) is 0 Å². The quantitative estimate of drug-likeness (QED) is 0.659. The van der Waals surface area contributed by atoms with E-state index in [1.165, 1.54) is 11.8 Å². The van der Waals surface area contributed by atoms with Gasteiger partial charge in [-0.15, -0.1) is 10.2 Å². The Morgan fingerprint density at radius 1 is 1.15 bits per heavy atom. The largest absolute Gasteiger partial charge is 0.353 e. The van der Waals surface area contributed by atoms with Gasteiger partial charge in [-0.05, 0) is 49.2 Å². The minimum Gasteiger partial charge on any atom is -0.353 e. The summed E-state index contributed by atoms with van der Waals surface area (Å²) in [7, 11) is 0. The van der Waals surface area contributed by atoms with Crippen LogP contribution in [0.2, 0.25) is 5.02 Å². The van der Waals surface area contributed by atoms with Gasteiger partial charge in [-0.2, -0.15) is 0 Å². The van der Waals surface area contributed by atoms with E-state index < -0.39 is 0 Å². The minimum atomic E-state index is 0.0219. The summed E-state index contributed by atoms with van der Waals surface area (Å²) >= 11 is 7.39. The molecule has 6 nitrogen and oxygen atoms in total. The van der Waals surface area contributed by atoms with Crippen LogP contribution in [0, 0.1) is 0 Å². The van der Waals surface area contributed by atoms with E-state index in [1.807, 2.05) is 41.0 Å². The van der Waals surface area contributed by atoms with E-state index in [1.54, 1.807) is 12.4 Å². The highest BCUT2D eigenvalue weighted by atomic mass is 35.5. The fraction of sp³-hybridized carbons (Fsp3) is 0.222. The number of thioether (sulfide) groups is 1. The van der Waals surface area contributed by atoms with Gasteiger partial charge >= 0.3 is 0 Å². The van der Waals surface area contributed by atoms with Crippen molar-refractivity contribution in [1.82, 2.24) is 25.1 Å². The molecule has 1 N–H and O–H groups in total. The number of benzene rings is 1. The molecule has 0 bridgehead atoms. The van der Waals surface area contributed by atoms with Gasteiger partial charge in [0.2, 0.25) is 5.91 Å². The number of halogens is 1. The molecule has 0 aliphatic heterocycles. The van der Waals surface area contributed by atoms with Crippen LogP contribution in [0.25, 0.3) is 17.1 Å². The maximum absolute atomic E-state index is 12.0. The predicted octanol–water partition coefficient (Wildman–Crippen LogP) is 3.35. The lowest BCUT2D eigenvalue weighted by molar-refractivity contribution is -0.118. The Morgan fingerprint density at radius 2 is 1.88 bits per heavy atom. The Morgan fingerprint density at radius 3 is 2.58 bits per heavy atom. The third-order valence-electron chi connectivity index (χ3n) is 3.93. The zero-order chi connectivity index (χ0) is 17.9. The normalized spacial score (nSPS) is 13.6. The zero-order valence-corrected chi connectivity index (χ0v) is 15.4. The number of nitrogens with zero attached hydrogens (tertiary/aromatic N) is 4. The highest BCUT2D eigenvalue weighted by Gasteiger charge is 2.24. The molecule has 1 saturated carbocycles. The molecule has 132 valence electrons. The van der Waals surface area contributed by atoms with Crippen molar-refractivity contribution in [2.75, 3.05) is 5.75 Å². The van der Waals surface area contributed by atoms with Crippen molar-refractivity contribution in [2.24, 2.45) is 0 Å². The number of carbonyl (C=O) groups excluding carboxylic acids is 1. The molecule has 3 aromatic rings. The van der Waals surface area contributed by atoms with Crippen LogP contribution in [-0.4, -0.2) is 37.5 Å². The number of hydrogen-bond donors (Lipinski definition) is 1. The van der Waals surface area contributed by atoms with Crippen molar-refractivity contribution >= 4 is 29.3 Å². The van der Waals surface area contributed by atoms with E-state index in [0.29, 0.717) is 27.8 Å². The Balaban J connectivity index is 1.65. The van der Waals surface area contributed by atoms with Crippen LogP contribution in [0.4, 0.5) is 0 Å². The molecule has 2 aromatic heterocycles. The molecule has 1 fully saturated rings. The Bertz CT molecular complexity index is 909. The van der Waals surface area contributed by atoms with Crippen LogP contribution in [0.3, 0.4) is 0 Å². The maximum atomic E-state index is 12.0. The lowest BCUT2D eigenvalue weighted by Gasteiger charge is -2.10. The first-order valence-electron chi connectivity index (χ1n) is 8.24. The SMILES string of the molecule is O=C(CSc1nnc(-c2ccncc2)n1-c1ccc(Cl)cc1)NC1CC1. The number of aromatic nitrogens is 4. The molecule has 0 atom stereocenters. The molecule has 2 heterocycles. The van der Waals surface area contributed by atoms with Crippen molar-refractivity contribution in [3.8, 4) is 17.1 Å². The summed E-state index contributed by atoms with van der Waals surface area (Å²) < 4.78 is 1.93. The van der Waals surface area contributed by atoms with Gasteiger partial charge < -0.3 is 5.32 Å². The van der Waals surface area contributed by atoms with Crippen molar-refractivity contribution in [3.05, 3.63) is 53.8 Å². The van der Waals surface area contributed by atoms with Crippen molar-refractivity contribution < 1.29 is 4.79 Å². The summed E-state index contributed by atoms with van der Waals surface area (Å²) in [4.78, 5) is 16.1. The van der Waals surface area contributed by atoms with Crippen LogP contribution in [0.1, 0.15) is 12.8 Å². The average Bonchev–Trinajstić information content (AvgIpc) is 3.37. The summed E-state index contributed by atoms with van der Waals surface area (Å²) in [5, 5.41) is 12.9. The molecule has 8 heteroatoms. The summed E-state index contributed by atoms with van der Waals surface area (Å²) in [6.45, 7) is 0. The monoisotopic (exact) mass is 385 g/mol. The topological polar surface area (TPSA) is 72.7 Å². The standard InChI is InChI=1S/C18H16ClN5OS/c19-13-1-5-15(6-2-13)24-17(12-7-9-20-10-8-12)22-23-18(24)26-11-16(25)21-14-3-4-14/h1-2,5-10,14H,3-4,11H2,(H,21,25). The first-order chi connectivity index (χ1) is 12.7. The van der Waals surface area contributed by atoms with E-state index in [0.717, 1.165) is 24.1 Å². The van der Waals surface area contributed by atoms with Crippen molar-refractivity contribution in [1.29, 1.82) is 0 Å². The summed E-state index contributed by atoms with van der Waals surface area (Å²) in [6.07, 6.45) is 5.57. The lowest BCUT2D eigenvalue weighted by atomic mass is 10.2. The number of amides is 1. The van der Waals surface area contributed by atoms with Crippen LogP contribution in [-0.2, 0) is 4.79 Å². The van der Waals surface area contributed by atoms with Gasteiger partial charge in [-0.25, -0.2) is 0 Å². The predicted molar refractivity (Wildman–Crippen MR) is 101 cm³/mol. The fourth-order valence-corrected chi connectivity index (χ4v) is 3.39. The minimum absolute atomic E-state index is 0.0219. The third-order valence-corrected chi connectivity index (χ3v) is 5.11. The molecule has 1 amide bonds. The number of carbonyl (C=O) groups is 1. The van der Waals surface area contributed by atoms with Gasteiger partial charge in [0, 0.05) is 34.7 Å². The van der Waals surface area contributed by atoms with Crippen molar-refractivity contribution in [3.63, 3.8) is 0 Å². The molecule has 0 saturated heterocycles. The van der Waals surface area contributed by atoms with Gasteiger partial charge in [0.05, 0.1) is 5.75 Å². The number of pyridine rings is 1. The average molecular weight is 386 g/mol. The number of hydrogen-bond acceptors (Lipinski definition) is 5. The summed E-state index contributed by atoms with van der Waals surface area (Å²) in [5.74, 6) is 1.02. The fourth-order valence-electron chi connectivity index (χ4n) is 2.50. The molecule has 0 unspecified atom stereocenters. The zero-order valence-electron chi connectivity index (χ0n) is 13.8. The van der Waals surface area contributed by atoms with E-state index in [9.17, 15) is 4.79 Å². The van der Waals surface area contributed by atoms with Gasteiger partial charge in [-0.1, -0.05) is 23.4 Å². The van der Waals surface area contributed by atoms with Gasteiger partial charge in [0.1, 0.15) is 0 Å². The highest BCUT2D eigenvalue weighted by Crippen LogP contribution is 2.28. The molecule has 1 aliphatic carbocycles. The Hall–Kier alpha value is -2.38. The Kier molecular flexibility index (Phi) is 4.90. The third kappa shape index (κ3) is 3.89. The summed E-state index contributed by atoms with van der Waals surface area (Å²) in [6, 6.07) is 11.6. The maximum Gasteiger partial charge on any atom is 0.230 e. The molecule has 4 rings (SSSR count). The second-order valence-electron chi connectivity index (χ2n) is 5.98. The van der Waals surface area contributed by atoms with E-state index in [-0.39, 0.29) is 5.91 Å². The van der Waals surface area contributed by atoms with Crippen LogP contribution in [0.15, 0.2) is 53.9 Å². The van der Waals surface area contributed by atoms with Crippen LogP contribution >= 0.6 is 23.4 Å². The van der Waals surface area contributed by atoms with Gasteiger partial charge in [0.25, 0.3) is 0 Å². The molecule has 1 aliphatic rings. The van der Waals surface area contributed by atoms with Gasteiger partial charge in [-0.3, -0.25) is 14.3 Å². The first-order valence-corrected chi connectivity index (χ1v) is 9.61. The van der Waals surface area contributed by atoms with Gasteiger partial charge in [0.15, 0.2) is 11.0 Å². The Labute approximate surface area is 160 Å². The highest BCUT2D eigenvalue weighted by molar-refractivity contribution is 7.99. The molecule has 0 radical (unpaired) electrons. The molecular formula is C18H16ClN5OS. The second kappa shape index (κ2) is 7.47. The number of rotatable bonds is 6. The van der Waals surface area contributed by atoms with Crippen molar-refractivity contribution in [2.45, 2.75) is 24.0 Å². The second-order valence-corrected chi connectivity index (χ2v) is 7.36. The number of nitrogens with one attached hydrogen (secondary N) is 1. The molecule has 26 heavy (non-hydrogen) atoms. The first kappa shape index (κ1) is 17.1. The molecule has 1 aromatic carbocycles. The summed E-state index contributed by atoms with van der Waals surface area (Å²) in [5.41, 5.74) is 1.79. The van der Waals surface area contributed by atoms with E-state index in [2.05, 4.69) is 20.5 Å². The lowest BCUT2D eigenvalue weighted by Crippen LogP contribution is -2.27. The molecule has 0 spiro atoms. The smallest absolute Gasteiger partial charge is 0.230 e.